The molecule has 0 bridgehead atoms. The molecule has 0 amide bonds. The number of nitrogens with one attached hydrogen (secondary N) is 1. The standard InChI is InChI=1S/C14H14BrFN2/c1-9-3-5-12(8-17-9)18-10(2)11-4-6-14(16)13(15)7-11/h3-8,10,18H,1-2H3. The molecular formula is C14H14BrFN2. The number of nitrogens with zero attached hydrogens (tertiary/aromatic N) is 1. The van der Waals surface area contributed by atoms with E-state index in [0.29, 0.717) is 4.47 Å². The monoisotopic (exact) mass is 308 g/mol. The fraction of sp³-hybridized carbons (Fsp3) is 0.214. The number of anilines is 1. The number of aryl methyl sites for hydroxylation is 1. The van der Waals surface area contributed by atoms with Crippen molar-refractivity contribution < 1.29 is 4.39 Å². The highest BCUT2D eigenvalue weighted by atomic mass is 79.9. The molecule has 0 radical (unpaired) electrons. The van der Waals surface area contributed by atoms with Crippen molar-refractivity contribution in [2.24, 2.45) is 0 Å². The quantitative estimate of drug-likeness (QED) is 0.905. The van der Waals surface area contributed by atoms with E-state index >= 15 is 0 Å². The third-order valence-electron chi connectivity index (χ3n) is 2.74. The fourth-order valence-electron chi connectivity index (χ4n) is 1.67. The summed E-state index contributed by atoms with van der Waals surface area (Å²) in [6.07, 6.45) is 1.80. The number of rotatable bonds is 3. The van der Waals surface area contributed by atoms with Crippen LogP contribution in [0.25, 0.3) is 0 Å². The molecule has 1 unspecified atom stereocenters. The van der Waals surface area contributed by atoms with Crippen LogP contribution in [0, 0.1) is 12.7 Å². The Bertz CT molecular complexity index is 540. The highest BCUT2D eigenvalue weighted by Crippen LogP contribution is 2.23. The molecule has 2 aromatic rings. The van der Waals surface area contributed by atoms with Crippen LogP contribution in [0.15, 0.2) is 41.0 Å². The number of pyridine rings is 1. The summed E-state index contributed by atoms with van der Waals surface area (Å²) in [5.74, 6) is -0.247. The molecule has 1 heterocycles. The maximum Gasteiger partial charge on any atom is 0.137 e. The van der Waals surface area contributed by atoms with Gasteiger partial charge in [0.2, 0.25) is 0 Å². The third kappa shape index (κ3) is 3.07. The van der Waals surface area contributed by atoms with E-state index in [1.165, 1.54) is 6.07 Å². The van der Waals surface area contributed by atoms with Crippen molar-refractivity contribution in [3.63, 3.8) is 0 Å². The van der Waals surface area contributed by atoms with Gasteiger partial charge in [-0.15, -0.1) is 0 Å². The molecule has 0 saturated carbocycles. The second-order valence-corrected chi connectivity index (χ2v) is 5.08. The topological polar surface area (TPSA) is 24.9 Å². The lowest BCUT2D eigenvalue weighted by Crippen LogP contribution is -2.07. The lowest BCUT2D eigenvalue weighted by molar-refractivity contribution is 0.619. The first-order valence-corrected chi connectivity index (χ1v) is 6.49. The molecule has 0 fully saturated rings. The summed E-state index contributed by atoms with van der Waals surface area (Å²) < 4.78 is 13.6. The Morgan fingerprint density at radius 2 is 2.06 bits per heavy atom. The van der Waals surface area contributed by atoms with Gasteiger partial charge in [0.25, 0.3) is 0 Å². The molecule has 2 nitrogen and oxygen atoms in total. The molecule has 4 heteroatoms. The first-order chi connectivity index (χ1) is 8.56. The third-order valence-corrected chi connectivity index (χ3v) is 3.35. The van der Waals surface area contributed by atoms with E-state index in [1.807, 2.05) is 26.0 Å². The van der Waals surface area contributed by atoms with Crippen molar-refractivity contribution >= 4 is 21.6 Å². The molecule has 2 rings (SSSR count). The molecule has 18 heavy (non-hydrogen) atoms. The summed E-state index contributed by atoms with van der Waals surface area (Å²) in [6, 6.07) is 9.05. The normalized spacial score (nSPS) is 12.2. The minimum atomic E-state index is -0.247. The largest absolute Gasteiger partial charge is 0.377 e. The molecular weight excluding hydrogens is 295 g/mol. The van der Waals surface area contributed by atoms with Gasteiger partial charge in [-0.1, -0.05) is 6.07 Å². The first kappa shape index (κ1) is 13.0. The Labute approximate surface area is 114 Å². The van der Waals surface area contributed by atoms with Gasteiger partial charge in [-0.3, -0.25) is 4.98 Å². The molecule has 94 valence electrons. The van der Waals surface area contributed by atoms with Crippen molar-refractivity contribution in [3.8, 4) is 0 Å². The zero-order chi connectivity index (χ0) is 13.1. The molecule has 0 aliphatic heterocycles. The maximum absolute atomic E-state index is 13.2. The SMILES string of the molecule is Cc1ccc(NC(C)c2ccc(F)c(Br)c2)cn1. The smallest absolute Gasteiger partial charge is 0.137 e. The lowest BCUT2D eigenvalue weighted by Gasteiger charge is -2.16. The highest BCUT2D eigenvalue weighted by molar-refractivity contribution is 9.10. The summed E-state index contributed by atoms with van der Waals surface area (Å²) in [5, 5.41) is 3.33. The van der Waals surface area contributed by atoms with E-state index < -0.39 is 0 Å². The maximum atomic E-state index is 13.2. The number of halogens is 2. The second-order valence-electron chi connectivity index (χ2n) is 4.23. The van der Waals surface area contributed by atoms with E-state index in [0.717, 1.165) is 16.9 Å². The van der Waals surface area contributed by atoms with Gasteiger partial charge >= 0.3 is 0 Å². The molecule has 1 aromatic heterocycles. The van der Waals surface area contributed by atoms with E-state index in [4.69, 9.17) is 0 Å². The van der Waals surface area contributed by atoms with Crippen molar-refractivity contribution in [2.45, 2.75) is 19.9 Å². The fourth-order valence-corrected chi connectivity index (χ4v) is 2.06. The summed E-state index contributed by atoms with van der Waals surface area (Å²) in [5.41, 5.74) is 2.95. The van der Waals surface area contributed by atoms with Gasteiger partial charge in [0, 0.05) is 11.7 Å². The average Bonchev–Trinajstić information content (AvgIpc) is 2.35. The molecule has 0 spiro atoms. The Morgan fingerprint density at radius 1 is 1.28 bits per heavy atom. The number of aromatic nitrogens is 1. The molecule has 1 N–H and O–H groups in total. The van der Waals surface area contributed by atoms with Gasteiger partial charge in [-0.2, -0.15) is 0 Å². The van der Waals surface area contributed by atoms with Gasteiger partial charge in [0.1, 0.15) is 5.82 Å². The van der Waals surface area contributed by atoms with Gasteiger partial charge in [-0.25, -0.2) is 4.39 Å². The Kier molecular flexibility index (Phi) is 3.97. The summed E-state index contributed by atoms with van der Waals surface area (Å²) >= 11 is 3.19. The van der Waals surface area contributed by atoms with Crippen molar-refractivity contribution in [1.82, 2.24) is 4.98 Å². The van der Waals surface area contributed by atoms with Crippen molar-refractivity contribution in [2.75, 3.05) is 5.32 Å². The van der Waals surface area contributed by atoms with Gasteiger partial charge in [-0.05, 0) is 59.6 Å². The van der Waals surface area contributed by atoms with Crippen LogP contribution in [0.2, 0.25) is 0 Å². The van der Waals surface area contributed by atoms with Crippen LogP contribution in [0.5, 0.6) is 0 Å². The van der Waals surface area contributed by atoms with Crippen LogP contribution in [0.1, 0.15) is 24.2 Å². The van der Waals surface area contributed by atoms with E-state index in [-0.39, 0.29) is 11.9 Å². The van der Waals surface area contributed by atoms with Crippen LogP contribution < -0.4 is 5.32 Å². The average molecular weight is 309 g/mol. The van der Waals surface area contributed by atoms with E-state index in [9.17, 15) is 4.39 Å². The Balaban J connectivity index is 2.13. The molecule has 1 atom stereocenters. The van der Waals surface area contributed by atoms with E-state index in [2.05, 4.69) is 26.2 Å². The number of hydrogen-bond acceptors (Lipinski definition) is 2. The van der Waals surface area contributed by atoms with Crippen LogP contribution >= 0.6 is 15.9 Å². The van der Waals surface area contributed by atoms with Crippen molar-refractivity contribution in [1.29, 1.82) is 0 Å². The first-order valence-electron chi connectivity index (χ1n) is 5.70. The van der Waals surface area contributed by atoms with Crippen LogP contribution in [0.3, 0.4) is 0 Å². The Hall–Kier alpha value is -1.42. The predicted octanol–water partition coefficient (Wildman–Crippen LogP) is 4.46. The highest BCUT2D eigenvalue weighted by Gasteiger charge is 2.08. The predicted molar refractivity (Wildman–Crippen MR) is 75.1 cm³/mol. The van der Waals surface area contributed by atoms with Gasteiger partial charge in [0.15, 0.2) is 0 Å². The molecule has 1 aromatic carbocycles. The zero-order valence-electron chi connectivity index (χ0n) is 10.2. The minimum absolute atomic E-state index is 0.0893. The Morgan fingerprint density at radius 3 is 2.67 bits per heavy atom. The van der Waals surface area contributed by atoms with Crippen LogP contribution in [-0.2, 0) is 0 Å². The second kappa shape index (κ2) is 5.48. The van der Waals surface area contributed by atoms with Crippen LogP contribution in [-0.4, -0.2) is 4.98 Å². The van der Waals surface area contributed by atoms with E-state index in [1.54, 1.807) is 18.3 Å². The lowest BCUT2D eigenvalue weighted by atomic mass is 10.1. The molecule has 0 aliphatic carbocycles. The van der Waals surface area contributed by atoms with Crippen LogP contribution in [0.4, 0.5) is 10.1 Å². The minimum Gasteiger partial charge on any atom is -0.377 e. The summed E-state index contributed by atoms with van der Waals surface area (Å²) in [4.78, 5) is 4.23. The summed E-state index contributed by atoms with van der Waals surface area (Å²) in [7, 11) is 0. The molecule has 0 saturated heterocycles. The zero-order valence-corrected chi connectivity index (χ0v) is 11.8. The molecule has 0 aliphatic rings. The number of benzene rings is 1. The van der Waals surface area contributed by atoms with Gasteiger partial charge < -0.3 is 5.32 Å². The van der Waals surface area contributed by atoms with Crippen molar-refractivity contribution in [3.05, 3.63) is 58.1 Å². The number of hydrogen-bond donors (Lipinski definition) is 1. The van der Waals surface area contributed by atoms with Gasteiger partial charge in [0.05, 0.1) is 16.4 Å². The summed E-state index contributed by atoms with van der Waals surface area (Å²) in [6.45, 7) is 3.98.